The smallest absolute Gasteiger partial charge is 0.255 e. The minimum atomic E-state index is -0.279. The Labute approximate surface area is 117 Å². The Morgan fingerprint density at radius 2 is 2.05 bits per heavy atom. The molecule has 1 aromatic rings. The van der Waals surface area contributed by atoms with Crippen LogP contribution in [0.1, 0.15) is 10.4 Å². The Balaban J connectivity index is 2.90. The lowest BCUT2D eigenvalue weighted by Crippen LogP contribution is -2.39. The zero-order valence-electron chi connectivity index (χ0n) is 11.2. The molecule has 0 fully saturated rings. The zero-order chi connectivity index (χ0) is 14.3. The minimum Gasteiger partial charge on any atom is -0.497 e. The Morgan fingerprint density at radius 1 is 1.32 bits per heavy atom. The molecular formula is C13H18ClNO4. The molecule has 0 spiro atoms. The van der Waals surface area contributed by atoms with E-state index in [0.717, 1.165) is 0 Å². The van der Waals surface area contributed by atoms with Gasteiger partial charge >= 0.3 is 0 Å². The molecule has 19 heavy (non-hydrogen) atoms. The minimum absolute atomic E-state index is 0.255. The standard InChI is InChI=1S/C13H18ClNO4/c1-17-8-9(7-14)15-13(16)11-6-10(18-2)4-5-12(11)19-3/h4-6,9H,7-8H2,1-3H3,(H,15,16). The molecule has 0 aliphatic rings. The number of rotatable bonds is 7. The molecular weight excluding hydrogens is 270 g/mol. The summed E-state index contributed by atoms with van der Waals surface area (Å²) in [4.78, 5) is 12.2. The number of carbonyl (C=O) groups is 1. The van der Waals surface area contributed by atoms with Gasteiger partial charge in [-0.1, -0.05) is 0 Å². The largest absolute Gasteiger partial charge is 0.497 e. The van der Waals surface area contributed by atoms with E-state index in [4.69, 9.17) is 25.8 Å². The molecule has 1 aromatic carbocycles. The fourth-order valence-corrected chi connectivity index (χ4v) is 1.75. The van der Waals surface area contributed by atoms with Gasteiger partial charge in [0.05, 0.1) is 32.4 Å². The highest BCUT2D eigenvalue weighted by Gasteiger charge is 2.17. The topological polar surface area (TPSA) is 56.8 Å². The molecule has 0 bridgehead atoms. The summed E-state index contributed by atoms with van der Waals surface area (Å²) in [6, 6.07) is 4.77. The van der Waals surface area contributed by atoms with Gasteiger partial charge < -0.3 is 19.5 Å². The maximum absolute atomic E-state index is 12.2. The van der Waals surface area contributed by atoms with Crippen molar-refractivity contribution < 1.29 is 19.0 Å². The van der Waals surface area contributed by atoms with Gasteiger partial charge in [0.1, 0.15) is 11.5 Å². The van der Waals surface area contributed by atoms with Crippen molar-refractivity contribution in [3.63, 3.8) is 0 Å². The van der Waals surface area contributed by atoms with E-state index in [9.17, 15) is 4.79 Å². The molecule has 106 valence electrons. The Bertz CT molecular complexity index is 425. The van der Waals surface area contributed by atoms with Gasteiger partial charge in [0.15, 0.2) is 0 Å². The second-order valence-corrected chi connectivity index (χ2v) is 4.15. The van der Waals surface area contributed by atoms with Gasteiger partial charge in [-0.2, -0.15) is 0 Å². The van der Waals surface area contributed by atoms with E-state index >= 15 is 0 Å². The number of alkyl halides is 1. The number of hydrogen-bond acceptors (Lipinski definition) is 4. The van der Waals surface area contributed by atoms with Gasteiger partial charge in [0, 0.05) is 13.0 Å². The van der Waals surface area contributed by atoms with E-state index in [2.05, 4.69) is 5.32 Å². The van der Waals surface area contributed by atoms with Crippen LogP contribution < -0.4 is 14.8 Å². The molecule has 0 aliphatic heterocycles. The first-order valence-corrected chi connectivity index (χ1v) is 6.27. The average molecular weight is 288 g/mol. The summed E-state index contributed by atoms with van der Waals surface area (Å²) >= 11 is 5.76. The molecule has 0 saturated carbocycles. The van der Waals surface area contributed by atoms with Gasteiger partial charge in [0.2, 0.25) is 0 Å². The molecule has 1 amide bonds. The molecule has 1 rings (SSSR count). The normalized spacial score (nSPS) is 11.8. The van der Waals surface area contributed by atoms with Crippen LogP contribution >= 0.6 is 11.6 Å². The van der Waals surface area contributed by atoms with Crippen molar-refractivity contribution >= 4 is 17.5 Å². The molecule has 5 nitrogen and oxygen atoms in total. The lowest BCUT2D eigenvalue weighted by atomic mass is 10.1. The highest BCUT2D eigenvalue weighted by molar-refractivity contribution is 6.18. The summed E-state index contributed by atoms with van der Waals surface area (Å²) < 4.78 is 15.2. The number of methoxy groups -OCH3 is 3. The second-order valence-electron chi connectivity index (χ2n) is 3.85. The van der Waals surface area contributed by atoms with Gasteiger partial charge in [-0.3, -0.25) is 4.79 Å². The van der Waals surface area contributed by atoms with Crippen molar-refractivity contribution in [2.45, 2.75) is 6.04 Å². The van der Waals surface area contributed by atoms with Crippen molar-refractivity contribution in [2.75, 3.05) is 33.8 Å². The van der Waals surface area contributed by atoms with E-state index < -0.39 is 0 Å². The summed E-state index contributed by atoms with van der Waals surface area (Å²) in [5, 5.41) is 2.78. The molecule has 0 saturated heterocycles. The number of nitrogens with one attached hydrogen (secondary N) is 1. The fraction of sp³-hybridized carbons (Fsp3) is 0.462. The van der Waals surface area contributed by atoms with Crippen LogP contribution in [0.15, 0.2) is 18.2 Å². The van der Waals surface area contributed by atoms with Crippen LogP contribution in [0, 0.1) is 0 Å². The number of ether oxygens (including phenoxy) is 3. The van der Waals surface area contributed by atoms with E-state index in [0.29, 0.717) is 23.7 Å². The Hall–Kier alpha value is -1.46. The van der Waals surface area contributed by atoms with Crippen LogP contribution in [0.25, 0.3) is 0 Å². The predicted molar refractivity (Wildman–Crippen MR) is 73.4 cm³/mol. The van der Waals surface area contributed by atoms with Crippen molar-refractivity contribution in [2.24, 2.45) is 0 Å². The monoisotopic (exact) mass is 287 g/mol. The van der Waals surface area contributed by atoms with E-state index in [-0.39, 0.29) is 17.8 Å². The zero-order valence-corrected chi connectivity index (χ0v) is 12.0. The molecule has 0 radical (unpaired) electrons. The van der Waals surface area contributed by atoms with Crippen LogP contribution in [0.3, 0.4) is 0 Å². The van der Waals surface area contributed by atoms with Gasteiger partial charge in [-0.15, -0.1) is 11.6 Å². The summed E-state index contributed by atoms with van der Waals surface area (Å²) in [6.07, 6.45) is 0. The lowest BCUT2D eigenvalue weighted by Gasteiger charge is -2.16. The van der Waals surface area contributed by atoms with Crippen LogP contribution in [-0.2, 0) is 4.74 Å². The van der Waals surface area contributed by atoms with Crippen molar-refractivity contribution in [1.82, 2.24) is 5.32 Å². The SMILES string of the molecule is COCC(CCl)NC(=O)c1cc(OC)ccc1OC. The van der Waals surface area contributed by atoms with Crippen LogP contribution in [0.4, 0.5) is 0 Å². The Morgan fingerprint density at radius 3 is 2.58 bits per heavy atom. The first-order valence-electron chi connectivity index (χ1n) is 5.74. The number of carbonyl (C=O) groups excluding carboxylic acids is 1. The number of benzene rings is 1. The van der Waals surface area contributed by atoms with Crippen LogP contribution in [-0.4, -0.2) is 45.8 Å². The number of hydrogen-bond donors (Lipinski definition) is 1. The molecule has 0 aliphatic carbocycles. The molecule has 0 heterocycles. The van der Waals surface area contributed by atoms with Crippen LogP contribution in [0.2, 0.25) is 0 Å². The summed E-state index contributed by atoms with van der Waals surface area (Å²) in [5.41, 5.74) is 0.396. The Kier molecular flexibility index (Phi) is 6.45. The van der Waals surface area contributed by atoms with E-state index in [1.54, 1.807) is 25.3 Å². The maximum atomic E-state index is 12.2. The van der Waals surface area contributed by atoms with Gasteiger partial charge in [-0.05, 0) is 18.2 Å². The first-order chi connectivity index (χ1) is 9.15. The highest BCUT2D eigenvalue weighted by Crippen LogP contribution is 2.23. The van der Waals surface area contributed by atoms with Crippen molar-refractivity contribution in [1.29, 1.82) is 0 Å². The van der Waals surface area contributed by atoms with Crippen molar-refractivity contribution in [3.05, 3.63) is 23.8 Å². The second kappa shape index (κ2) is 7.86. The predicted octanol–water partition coefficient (Wildman–Crippen LogP) is 1.69. The average Bonchev–Trinajstić information content (AvgIpc) is 2.45. The van der Waals surface area contributed by atoms with Gasteiger partial charge in [0.25, 0.3) is 5.91 Å². The number of halogens is 1. The van der Waals surface area contributed by atoms with Gasteiger partial charge in [-0.25, -0.2) is 0 Å². The summed E-state index contributed by atoms with van der Waals surface area (Å²) in [7, 11) is 4.60. The van der Waals surface area contributed by atoms with Crippen LogP contribution in [0.5, 0.6) is 11.5 Å². The number of amides is 1. The fourth-order valence-electron chi connectivity index (χ4n) is 1.58. The van der Waals surface area contributed by atoms with E-state index in [1.165, 1.54) is 14.2 Å². The molecule has 1 atom stereocenters. The quantitative estimate of drug-likeness (QED) is 0.776. The molecule has 1 unspecified atom stereocenters. The first kappa shape index (κ1) is 15.6. The molecule has 6 heteroatoms. The third-order valence-electron chi connectivity index (χ3n) is 2.54. The highest BCUT2D eigenvalue weighted by atomic mass is 35.5. The third kappa shape index (κ3) is 4.29. The lowest BCUT2D eigenvalue weighted by molar-refractivity contribution is 0.0903. The van der Waals surface area contributed by atoms with Crippen molar-refractivity contribution in [3.8, 4) is 11.5 Å². The van der Waals surface area contributed by atoms with E-state index in [1.807, 2.05) is 0 Å². The molecule has 1 N–H and O–H groups in total. The summed E-state index contributed by atoms with van der Waals surface area (Å²) in [5.74, 6) is 1.05. The third-order valence-corrected chi connectivity index (χ3v) is 2.91. The summed E-state index contributed by atoms with van der Waals surface area (Å²) in [6.45, 7) is 0.349. The maximum Gasteiger partial charge on any atom is 0.255 e. The molecule has 0 aromatic heterocycles.